The third-order valence-electron chi connectivity index (χ3n) is 3.09. The normalized spacial score (nSPS) is 13.5. The maximum Gasteiger partial charge on any atom is 0.416 e. The highest BCUT2D eigenvalue weighted by atomic mass is 19.4. The summed E-state index contributed by atoms with van der Waals surface area (Å²) in [4.78, 5) is 12.5. The number of carboxylic acid groups (broad SMARTS) is 1. The summed E-state index contributed by atoms with van der Waals surface area (Å²) < 4.78 is 38.0. The molecular formula is C14H18F3NO2. The molecule has 0 amide bonds. The lowest BCUT2D eigenvalue weighted by molar-refractivity contribution is -0.139. The maximum absolute atomic E-state index is 12.7. The van der Waals surface area contributed by atoms with Gasteiger partial charge in [-0.15, -0.1) is 0 Å². The number of hydrogen-bond acceptors (Lipinski definition) is 2. The molecule has 0 radical (unpaired) electrons. The van der Waals surface area contributed by atoms with E-state index in [1.54, 1.807) is 17.9 Å². The van der Waals surface area contributed by atoms with Crippen molar-refractivity contribution in [2.75, 3.05) is 13.1 Å². The van der Waals surface area contributed by atoms with Gasteiger partial charge in [-0.05, 0) is 37.6 Å². The molecule has 0 spiro atoms. The zero-order chi connectivity index (χ0) is 15.3. The van der Waals surface area contributed by atoms with Gasteiger partial charge in [-0.25, -0.2) is 0 Å². The van der Waals surface area contributed by atoms with E-state index in [-0.39, 0.29) is 12.6 Å². The molecule has 3 nitrogen and oxygen atoms in total. The first-order valence-electron chi connectivity index (χ1n) is 6.38. The SMILES string of the molecule is CCCN(CC(=O)O)C(C)c1cccc(C(F)(F)F)c1. The predicted octanol–water partition coefficient (Wildman–Crippen LogP) is 3.56. The third-order valence-corrected chi connectivity index (χ3v) is 3.09. The smallest absolute Gasteiger partial charge is 0.416 e. The van der Waals surface area contributed by atoms with E-state index in [2.05, 4.69) is 0 Å². The maximum atomic E-state index is 12.7. The first-order valence-corrected chi connectivity index (χ1v) is 6.38. The Kier molecular flexibility index (Phi) is 5.56. The average molecular weight is 289 g/mol. The molecule has 0 aromatic heterocycles. The van der Waals surface area contributed by atoms with Crippen LogP contribution in [0, 0.1) is 0 Å². The fraction of sp³-hybridized carbons (Fsp3) is 0.500. The second kappa shape index (κ2) is 6.74. The second-order valence-electron chi connectivity index (χ2n) is 4.66. The Bertz CT molecular complexity index is 460. The van der Waals surface area contributed by atoms with Gasteiger partial charge in [0.2, 0.25) is 0 Å². The number of alkyl halides is 3. The summed E-state index contributed by atoms with van der Waals surface area (Å²) in [6.45, 7) is 3.94. The lowest BCUT2D eigenvalue weighted by Gasteiger charge is -2.27. The average Bonchev–Trinajstić information content (AvgIpc) is 2.36. The van der Waals surface area contributed by atoms with Crippen molar-refractivity contribution in [1.29, 1.82) is 0 Å². The Hall–Kier alpha value is -1.56. The van der Waals surface area contributed by atoms with Crippen LogP contribution in [0.3, 0.4) is 0 Å². The van der Waals surface area contributed by atoms with Gasteiger partial charge in [0, 0.05) is 6.04 Å². The largest absolute Gasteiger partial charge is 0.480 e. The molecule has 1 unspecified atom stereocenters. The minimum absolute atomic E-state index is 0.189. The van der Waals surface area contributed by atoms with Crippen LogP contribution >= 0.6 is 0 Å². The van der Waals surface area contributed by atoms with Crippen LogP contribution in [0.4, 0.5) is 13.2 Å². The van der Waals surface area contributed by atoms with E-state index in [9.17, 15) is 18.0 Å². The van der Waals surface area contributed by atoms with E-state index in [4.69, 9.17) is 5.11 Å². The monoisotopic (exact) mass is 289 g/mol. The first kappa shape index (κ1) is 16.5. The van der Waals surface area contributed by atoms with Crippen LogP contribution < -0.4 is 0 Å². The minimum Gasteiger partial charge on any atom is -0.480 e. The van der Waals surface area contributed by atoms with Crippen LogP contribution in [0.15, 0.2) is 24.3 Å². The van der Waals surface area contributed by atoms with Gasteiger partial charge in [0.25, 0.3) is 0 Å². The predicted molar refractivity (Wildman–Crippen MR) is 69.4 cm³/mol. The quantitative estimate of drug-likeness (QED) is 0.870. The molecule has 0 bridgehead atoms. The van der Waals surface area contributed by atoms with Crippen molar-refractivity contribution in [1.82, 2.24) is 4.90 Å². The Morgan fingerprint density at radius 2 is 2.05 bits per heavy atom. The van der Waals surface area contributed by atoms with Crippen LogP contribution in [0.25, 0.3) is 0 Å². The van der Waals surface area contributed by atoms with E-state index in [1.807, 2.05) is 6.92 Å². The number of benzene rings is 1. The van der Waals surface area contributed by atoms with Crippen LogP contribution in [0.1, 0.15) is 37.4 Å². The minimum atomic E-state index is -4.39. The molecule has 1 atom stereocenters. The Morgan fingerprint density at radius 1 is 1.40 bits per heavy atom. The van der Waals surface area contributed by atoms with Crippen molar-refractivity contribution in [3.05, 3.63) is 35.4 Å². The van der Waals surface area contributed by atoms with Crippen molar-refractivity contribution >= 4 is 5.97 Å². The van der Waals surface area contributed by atoms with Crippen LogP contribution in [0.5, 0.6) is 0 Å². The zero-order valence-corrected chi connectivity index (χ0v) is 11.4. The van der Waals surface area contributed by atoms with E-state index in [0.29, 0.717) is 12.1 Å². The molecular weight excluding hydrogens is 271 g/mol. The van der Waals surface area contributed by atoms with Gasteiger partial charge in [-0.1, -0.05) is 19.1 Å². The lowest BCUT2D eigenvalue weighted by atomic mass is 10.0. The molecule has 0 fully saturated rings. The zero-order valence-electron chi connectivity index (χ0n) is 11.4. The van der Waals surface area contributed by atoms with Crippen molar-refractivity contribution in [2.45, 2.75) is 32.5 Å². The number of hydrogen-bond donors (Lipinski definition) is 1. The lowest BCUT2D eigenvalue weighted by Crippen LogP contribution is -2.33. The van der Waals surface area contributed by atoms with Crippen molar-refractivity contribution in [3.8, 4) is 0 Å². The molecule has 0 heterocycles. The summed E-state index contributed by atoms with van der Waals surface area (Å²) in [5.74, 6) is -0.989. The van der Waals surface area contributed by atoms with Crippen molar-refractivity contribution < 1.29 is 23.1 Å². The van der Waals surface area contributed by atoms with E-state index in [1.165, 1.54) is 6.07 Å². The molecule has 112 valence electrons. The summed E-state index contributed by atoms with van der Waals surface area (Å²) in [6, 6.07) is 4.64. The first-order chi connectivity index (χ1) is 9.25. The number of rotatable bonds is 6. The third kappa shape index (κ3) is 4.52. The number of carboxylic acids is 1. The Labute approximate surface area is 116 Å². The highest BCUT2D eigenvalue weighted by Crippen LogP contribution is 2.31. The molecule has 20 heavy (non-hydrogen) atoms. The van der Waals surface area contributed by atoms with E-state index < -0.39 is 17.7 Å². The number of carbonyl (C=O) groups is 1. The molecule has 0 aliphatic heterocycles. The van der Waals surface area contributed by atoms with Gasteiger partial charge in [0.15, 0.2) is 0 Å². The molecule has 0 saturated heterocycles. The Balaban J connectivity index is 2.99. The molecule has 0 aliphatic rings. The summed E-state index contributed by atoms with van der Waals surface area (Å²) >= 11 is 0. The molecule has 6 heteroatoms. The summed E-state index contributed by atoms with van der Waals surface area (Å²) in [6.07, 6.45) is -3.66. The Morgan fingerprint density at radius 3 is 2.55 bits per heavy atom. The number of nitrogens with zero attached hydrogens (tertiary/aromatic N) is 1. The van der Waals surface area contributed by atoms with E-state index >= 15 is 0 Å². The van der Waals surface area contributed by atoms with Gasteiger partial charge in [0.05, 0.1) is 12.1 Å². The van der Waals surface area contributed by atoms with Crippen LogP contribution in [0.2, 0.25) is 0 Å². The van der Waals surface area contributed by atoms with Gasteiger partial charge in [0.1, 0.15) is 0 Å². The van der Waals surface area contributed by atoms with Gasteiger partial charge < -0.3 is 5.11 Å². The van der Waals surface area contributed by atoms with Crippen molar-refractivity contribution in [2.24, 2.45) is 0 Å². The molecule has 1 rings (SSSR count). The van der Waals surface area contributed by atoms with Gasteiger partial charge in [-0.3, -0.25) is 9.69 Å². The molecule has 0 saturated carbocycles. The topological polar surface area (TPSA) is 40.5 Å². The van der Waals surface area contributed by atoms with Gasteiger partial charge in [-0.2, -0.15) is 13.2 Å². The van der Waals surface area contributed by atoms with E-state index in [0.717, 1.165) is 18.6 Å². The highest BCUT2D eigenvalue weighted by molar-refractivity contribution is 5.69. The molecule has 1 N–H and O–H groups in total. The number of halogens is 3. The molecule has 0 aliphatic carbocycles. The summed E-state index contributed by atoms with van der Waals surface area (Å²) in [5.41, 5.74) is -0.247. The number of aliphatic carboxylic acids is 1. The highest BCUT2D eigenvalue weighted by Gasteiger charge is 2.31. The van der Waals surface area contributed by atoms with Crippen LogP contribution in [-0.4, -0.2) is 29.1 Å². The summed E-state index contributed by atoms with van der Waals surface area (Å²) in [7, 11) is 0. The molecule has 1 aromatic rings. The standard InChI is InChI=1S/C14H18F3NO2/c1-3-7-18(9-13(19)20)10(2)11-5-4-6-12(8-11)14(15,16)17/h4-6,8,10H,3,7,9H2,1-2H3,(H,19,20). The van der Waals surface area contributed by atoms with Gasteiger partial charge >= 0.3 is 12.1 Å². The fourth-order valence-corrected chi connectivity index (χ4v) is 2.06. The van der Waals surface area contributed by atoms with Crippen molar-refractivity contribution in [3.63, 3.8) is 0 Å². The van der Waals surface area contributed by atoms with Crippen LogP contribution in [-0.2, 0) is 11.0 Å². The molecule has 1 aromatic carbocycles. The fourth-order valence-electron chi connectivity index (χ4n) is 2.06. The summed E-state index contributed by atoms with van der Waals surface area (Å²) in [5, 5.41) is 8.87. The second-order valence-corrected chi connectivity index (χ2v) is 4.66.